The number of rotatable bonds is 8. The minimum absolute atomic E-state index is 0.00581. The average Bonchev–Trinajstić information content (AvgIpc) is 3.28. The summed E-state index contributed by atoms with van der Waals surface area (Å²) >= 11 is 7.53. The highest BCUT2D eigenvalue weighted by atomic mass is 35.5. The summed E-state index contributed by atoms with van der Waals surface area (Å²) in [6, 6.07) is 4.48. The standard InChI is InChI=1S/C27H32ClFN6O2S/c1-27(2,16-34-10-12-37-13-11-34)32-8-3-4-23(36)35-9-7-19-22(15-35)38-26-24(19)25(30-17-31-26)33-18-5-6-21(29)20(28)14-18/h3-6,14,17,32H,7-13,15-16H2,1-2H3,(H,30,31,33). The second-order valence-corrected chi connectivity index (χ2v) is 11.7. The second-order valence-electron chi connectivity index (χ2n) is 10.2. The van der Waals surface area contributed by atoms with E-state index in [4.69, 9.17) is 16.3 Å². The van der Waals surface area contributed by atoms with Crippen LogP contribution in [-0.4, -0.2) is 77.2 Å². The van der Waals surface area contributed by atoms with Crippen molar-refractivity contribution in [1.29, 1.82) is 0 Å². The molecular weight excluding hydrogens is 527 g/mol. The number of carbonyl (C=O) groups excluding carboxylic acids is 1. The normalized spacial score (nSPS) is 16.8. The van der Waals surface area contributed by atoms with Crippen molar-refractivity contribution in [3.63, 3.8) is 0 Å². The van der Waals surface area contributed by atoms with E-state index in [-0.39, 0.29) is 16.5 Å². The number of nitrogens with one attached hydrogen (secondary N) is 2. The topological polar surface area (TPSA) is 82.6 Å². The van der Waals surface area contributed by atoms with Crippen LogP contribution >= 0.6 is 22.9 Å². The molecule has 3 aromatic rings. The second kappa shape index (κ2) is 11.6. The lowest BCUT2D eigenvalue weighted by molar-refractivity contribution is -0.126. The van der Waals surface area contributed by atoms with Gasteiger partial charge in [0.05, 0.1) is 30.2 Å². The molecule has 0 bridgehead atoms. The molecule has 2 aromatic heterocycles. The number of ether oxygens (including phenoxy) is 1. The van der Waals surface area contributed by atoms with E-state index in [2.05, 4.69) is 39.3 Å². The monoisotopic (exact) mass is 558 g/mol. The highest BCUT2D eigenvalue weighted by Crippen LogP contribution is 2.38. The number of fused-ring (bicyclic) bond motifs is 3. The van der Waals surface area contributed by atoms with Crippen LogP contribution in [0.25, 0.3) is 10.2 Å². The molecule has 1 amide bonds. The summed E-state index contributed by atoms with van der Waals surface area (Å²) in [6.45, 7) is 10.6. The molecule has 0 spiro atoms. The first-order valence-electron chi connectivity index (χ1n) is 12.8. The molecule has 2 aliphatic heterocycles. The first kappa shape index (κ1) is 27.0. The molecule has 1 aromatic carbocycles. The van der Waals surface area contributed by atoms with Crippen LogP contribution in [0, 0.1) is 5.82 Å². The third-order valence-corrected chi connectivity index (χ3v) is 8.23. The van der Waals surface area contributed by atoms with Crippen molar-refractivity contribution in [2.75, 3.05) is 51.3 Å². The Balaban J connectivity index is 1.20. The van der Waals surface area contributed by atoms with Crippen molar-refractivity contribution in [3.05, 3.63) is 58.0 Å². The summed E-state index contributed by atoms with van der Waals surface area (Å²) in [5.41, 5.74) is 1.74. The molecule has 8 nitrogen and oxygen atoms in total. The summed E-state index contributed by atoms with van der Waals surface area (Å²) in [6.07, 6.45) is 5.80. The molecule has 5 rings (SSSR count). The molecule has 2 N–H and O–H groups in total. The number of anilines is 2. The van der Waals surface area contributed by atoms with Crippen molar-refractivity contribution in [2.45, 2.75) is 32.4 Å². The Morgan fingerprint density at radius 2 is 2.08 bits per heavy atom. The van der Waals surface area contributed by atoms with E-state index in [0.29, 0.717) is 37.6 Å². The predicted molar refractivity (Wildman–Crippen MR) is 150 cm³/mol. The van der Waals surface area contributed by atoms with E-state index >= 15 is 0 Å². The third-order valence-electron chi connectivity index (χ3n) is 6.81. The Morgan fingerprint density at radius 3 is 2.87 bits per heavy atom. The van der Waals surface area contributed by atoms with Crippen LogP contribution in [0.15, 0.2) is 36.7 Å². The maximum atomic E-state index is 13.6. The number of carbonyl (C=O) groups is 1. The highest BCUT2D eigenvalue weighted by molar-refractivity contribution is 7.19. The van der Waals surface area contributed by atoms with Gasteiger partial charge < -0.3 is 20.3 Å². The van der Waals surface area contributed by atoms with E-state index in [0.717, 1.165) is 53.5 Å². The lowest BCUT2D eigenvalue weighted by atomic mass is 10.0. The van der Waals surface area contributed by atoms with Gasteiger partial charge in [-0.15, -0.1) is 11.3 Å². The first-order chi connectivity index (χ1) is 18.3. The number of amides is 1. The smallest absolute Gasteiger partial charge is 0.246 e. The zero-order valence-corrected chi connectivity index (χ0v) is 23.2. The quantitative estimate of drug-likeness (QED) is 0.397. The minimum Gasteiger partial charge on any atom is -0.379 e. The SMILES string of the molecule is CC(C)(CN1CCOCC1)NCC=CC(=O)N1CCc2c(sc3ncnc(Nc4ccc(F)c(Cl)c4)c23)C1. The number of halogens is 2. The van der Waals surface area contributed by atoms with Crippen LogP contribution in [-0.2, 0) is 22.5 Å². The Morgan fingerprint density at radius 1 is 1.26 bits per heavy atom. The number of nitrogens with zero attached hydrogens (tertiary/aromatic N) is 4. The van der Waals surface area contributed by atoms with Gasteiger partial charge in [-0.25, -0.2) is 14.4 Å². The van der Waals surface area contributed by atoms with E-state index in [1.165, 1.54) is 18.5 Å². The molecule has 1 saturated heterocycles. The fourth-order valence-electron chi connectivity index (χ4n) is 4.90. The Kier molecular flexibility index (Phi) is 8.25. The van der Waals surface area contributed by atoms with E-state index < -0.39 is 5.82 Å². The number of aromatic nitrogens is 2. The fourth-order valence-corrected chi connectivity index (χ4v) is 6.28. The zero-order chi connectivity index (χ0) is 26.7. The maximum Gasteiger partial charge on any atom is 0.246 e. The van der Waals surface area contributed by atoms with E-state index in [1.54, 1.807) is 23.5 Å². The molecule has 2 aliphatic rings. The van der Waals surface area contributed by atoms with Gasteiger partial charge in [0, 0.05) is 54.9 Å². The number of hydrogen-bond donors (Lipinski definition) is 2. The van der Waals surface area contributed by atoms with Crippen LogP contribution in [0.5, 0.6) is 0 Å². The van der Waals surface area contributed by atoms with Crippen molar-refractivity contribution >= 4 is 50.6 Å². The van der Waals surface area contributed by atoms with Crippen LogP contribution in [0.2, 0.25) is 5.02 Å². The minimum atomic E-state index is -0.468. The first-order valence-corrected chi connectivity index (χ1v) is 14.0. The summed E-state index contributed by atoms with van der Waals surface area (Å²) in [4.78, 5) is 28.1. The maximum absolute atomic E-state index is 13.6. The molecule has 4 heterocycles. The Hall–Kier alpha value is -2.63. The van der Waals surface area contributed by atoms with Gasteiger partial charge in [0.1, 0.15) is 22.8 Å². The molecule has 0 unspecified atom stereocenters. The Labute approximate surface area is 230 Å². The van der Waals surface area contributed by atoms with Crippen molar-refractivity contribution in [1.82, 2.24) is 25.1 Å². The van der Waals surface area contributed by atoms with Gasteiger partial charge in [0.25, 0.3) is 0 Å². The molecule has 38 heavy (non-hydrogen) atoms. The van der Waals surface area contributed by atoms with Gasteiger partial charge in [-0.1, -0.05) is 17.7 Å². The molecular formula is C27H32ClFN6O2S. The van der Waals surface area contributed by atoms with Crippen LogP contribution < -0.4 is 10.6 Å². The summed E-state index contributed by atoms with van der Waals surface area (Å²) in [7, 11) is 0. The average molecular weight is 559 g/mol. The van der Waals surface area contributed by atoms with Gasteiger partial charge in [-0.2, -0.15) is 0 Å². The summed E-state index contributed by atoms with van der Waals surface area (Å²) < 4.78 is 19.0. The van der Waals surface area contributed by atoms with Gasteiger partial charge in [0.15, 0.2) is 0 Å². The van der Waals surface area contributed by atoms with E-state index in [9.17, 15) is 9.18 Å². The van der Waals surface area contributed by atoms with Crippen molar-refractivity contribution in [3.8, 4) is 0 Å². The lowest BCUT2D eigenvalue weighted by Gasteiger charge is -2.35. The zero-order valence-electron chi connectivity index (χ0n) is 21.6. The molecule has 0 saturated carbocycles. The number of benzene rings is 1. The van der Waals surface area contributed by atoms with E-state index in [1.807, 2.05) is 11.0 Å². The predicted octanol–water partition coefficient (Wildman–Crippen LogP) is 4.37. The Bertz CT molecular complexity index is 1340. The van der Waals surface area contributed by atoms with Gasteiger partial charge >= 0.3 is 0 Å². The lowest BCUT2D eigenvalue weighted by Crippen LogP contribution is -2.51. The summed E-state index contributed by atoms with van der Waals surface area (Å²) in [5, 5.41) is 7.79. The van der Waals surface area contributed by atoms with Gasteiger partial charge in [0.2, 0.25) is 5.91 Å². The molecule has 11 heteroatoms. The fraction of sp³-hybridized carbons (Fsp3) is 0.444. The van der Waals surface area contributed by atoms with Crippen molar-refractivity contribution in [2.24, 2.45) is 0 Å². The largest absolute Gasteiger partial charge is 0.379 e. The number of hydrogen-bond acceptors (Lipinski definition) is 8. The van der Waals surface area contributed by atoms with Gasteiger partial charge in [-0.3, -0.25) is 9.69 Å². The van der Waals surface area contributed by atoms with Crippen molar-refractivity contribution < 1.29 is 13.9 Å². The molecule has 0 atom stereocenters. The van der Waals surface area contributed by atoms with Gasteiger partial charge in [-0.05, 0) is 44.0 Å². The number of thiophene rings is 1. The van der Waals surface area contributed by atoms with Crippen LogP contribution in [0.1, 0.15) is 24.3 Å². The molecule has 1 fully saturated rings. The van der Waals surface area contributed by atoms with Crippen LogP contribution in [0.4, 0.5) is 15.9 Å². The molecule has 0 aliphatic carbocycles. The number of morpholine rings is 1. The summed E-state index contributed by atoms with van der Waals surface area (Å²) in [5.74, 6) is 0.191. The van der Waals surface area contributed by atoms with Crippen LogP contribution in [0.3, 0.4) is 0 Å². The molecule has 0 radical (unpaired) electrons. The molecule has 202 valence electrons. The third kappa shape index (κ3) is 6.32. The highest BCUT2D eigenvalue weighted by Gasteiger charge is 2.26.